The van der Waals surface area contributed by atoms with Gasteiger partial charge in [-0.25, -0.2) is 0 Å². The van der Waals surface area contributed by atoms with Crippen molar-refractivity contribution < 1.29 is 14.2 Å². The molecule has 1 fully saturated rings. The number of nitrogens with zero attached hydrogens (tertiary/aromatic N) is 5. The van der Waals surface area contributed by atoms with Crippen molar-refractivity contribution in [1.82, 2.24) is 25.2 Å². The van der Waals surface area contributed by atoms with Gasteiger partial charge in [0.05, 0.1) is 11.5 Å². The molecule has 4 rings (SSSR count). The Kier molecular flexibility index (Phi) is 6.26. The fourth-order valence-corrected chi connectivity index (χ4v) is 4.56. The van der Waals surface area contributed by atoms with Crippen molar-refractivity contribution in [1.29, 1.82) is 0 Å². The van der Waals surface area contributed by atoms with E-state index in [1.807, 2.05) is 12.1 Å². The minimum absolute atomic E-state index is 0.0383. The first-order valence-corrected chi connectivity index (χ1v) is 11.2. The number of amides is 1. The lowest BCUT2D eigenvalue weighted by Crippen LogP contribution is -2.46. The van der Waals surface area contributed by atoms with E-state index in [4.69, 9.17) is 4.52 Å². The van der Waals surface area contributed by atoms with Gasteiger partial charge in [-0.05, 0) is 44.4 Å². The Morgan fingerprint density at radius 2 is 1.82 bits per heavy atom. The van der Waals surface area contributed by atoms with E-state index in [2.05, 4.69) is 20.6 Å². The molecular weight excluding hydrogens is 424 g/mol. The lowest BCUT2D eigenvalue weighted by molar-refractivity contribution is -0.386. The Labute approximate surface area is 191 Å². The Morgan fingerprint density at radius 1 is 1.15 bits per heavy atom. The molecule has 0 radical (unpaired) electrons. The summed E-state index contributed by atoms with van der Waals surface area (Å²) >= 11 is 0. The van der Waals surface area contributed by atoms with Crippen LogP contribution in [-0.2, 0) is 12.1 Å². The van der Waals surface area contributed by atoms with E-state index < -0.39 is 10.5 Å². The molecule has 1 aliphatic rings. The molecule has 1 aliphatic carbocycles. The molecular formula is C23H28N6O4. The van der Waals surface area contributed by atoms with Gasteiger partial charge in [-0.1, -0.05) is 43.0 Å². The highest BCUT2D eigenvalue weighted by Gasteiger charge is 2.39. The van der Waals surface area contributed by atoms with E-state index in [1.165, 1.54) is 0 Å². The fourth-order valence-electron chi connectivity index (χ4n) is 4.56. The lowest BCUT2D eigenvalue weighted by atomic mass is 9.88. The van der Waals surface area contributed by atoms with Crippen LogP contribution in [0.25, 0.3) is 0 Å². The van der Waals surface area contributed by atoms with Crippen molar-refractivity contribution in [3.63, 3.8) is 0 Å². The van der Waals surface area contributed by atoms with Crippen LogP contribution < -0.4 is 5.32 Å². The molecule has 1 N–H and O–H groups in total. The Hall–Kier alpha value is -3.56. The van der Waals surface area contributed by atoms with Crippen LogP contribution in [0.4, 0.5) is 5.69 Å². The van der Waals surface area contributed by atoms with Crippen LogP contribution >= 0.6 is 0 Å². The van der Waals surface area contributed by atoms with Gasteiger partial charge in [0.25, 0.3) is 5.91 Å². The molecule has 10 heteroatoms. The van der Waals surface area contributed by atoms with Gasteiger partial charge in [0.15, 0.2) is 5.82 Å². The summed E-state index contributed by atoms with van der Waals surface area (Å²) in [6.07, 6.45) is 5.75. The van der Waals surface area contributed by atoms with Crippen molar-refractivity contribution in [3.05, 3.63) is 68.6 Å². The Morgan fingerprint density at radius 3 is 2.36 bits per heavy atom. The summed E-state index contributed by atoms with van der Waals surface area (Å²) in [7, 11) is 0. The van der Waals surface area contributed by atoms with E-state index in [9.17, 15) is 14.9 Å². The number of aromatic nitrogens is 4. The van der Waals surface area contributed by atoms with Crippen LogP contribution in [0.3, 0.4) is 0 Å². The number of aryl methyl sites for hydroxylation is 2. The summed E-state index contributed by atoms with van der Waals surface area (Å²) in [5.74, 6) is 0.835. The number of carbonyl (C=O) groups excluding carboxylic acids is 1. The third-order valence-corrected chi connectivity index (χ3v) is 6.34. The second-order valence-corrected chi connectivity index (χ2v) is 8.72. The normalized spacial score (nSPS) is 15.7. The van der Waals surface area contributed by atoms with E-state index in [0.29, 0.717) is 35.2 Å². The summed E-state index contributed by atoms with van der Waals surface area (Å²) in [5, 5.41) is 22.9. The standard InChI is InChI=1S/C23H28N6O4/c1-15-20(29(31)32)16(2)28(26-15)14-18-8-10-19(11-9-18)21(30)25-23(12-6-4-5-7-13-23)22-24-17(3)33-27-22/h8-11H,4-7,12-14H2,1-3H3,(H,25,30). The highest BCUT2D eigenvalue weighted by Crippen LogP contribution is 2.35. The molecule has 1 amide bonds. The van der Waals surface area contributed by atoms with Crippen molar-refractivity contribution in [2.75, 3.05) is 0 Å². The monoisotopic (exact) mass is 452 g/mol. The number of hydrogen-bond acceptors (Lipinski definition) is 7. The van der Waals surface area contributed by atoms with Gasteiger partial charge >= 0.3 is 5.69 Å². The molecule has 0 atom stereocenters. The molecule has 3 aromatic rings. The first-order valence-electron chi connectivity index (χ1n) is 11.2. The molecule has 10 nitrogen and oxygen atoms in total. The number of hydrogen-bond donors (Lipinski definition) is 1. The predicted molar refractivity (Wildman–Crippen MR) is 120 cm³/mol. The Bertz CT molecular complexity index is 1160. The van der Waals surface area contributed by atoms with Crippen molar-refractivity contribution >= 4 is 11.6 Å². The van der Waals surface area contributed by atoms with Gasteiger partial charge in [-0.15, -0.1) is 0 Å². The topological polar surface area (TPSA) is 129 Å². The molecule has 0 aliphatic heterocycles. The first kappa shape index (κ1) is 22.6. The Balaban J connectivity index is 1.52. The SMILES string of the molecule is Cc1nc(C2(NC(=O)c3ccc(Cn4nc(C)c([N+](=O)[O-])c4C)cc3)CCCCCC2)no1. The zero-order chi connectivity index (χ0) is 23.6. The molecule has 0 bridgehead atoms. The zero-order valence-corrected chi connectivity index (χ0v) is 19.1. The van der Waals surface area contributed by atoms with Crippen molar-refractivity contribution in [2.24, 2.45) is 0 Å². The average Bonchev–Trinajstić information content (AvgIpc) is 3.23. The maximum absolute atomic E-state index is 13.2. The number of nitro groups is 1. The molecule has 1 saturated carbocycles. The van der Waals surface area contributed by atoms with Crippen LogP contribution in [0, 0.1) is 30.9 Å². The first-order chi connectivity index (χ1) is 15.8. The summed E-state index contributed by atoms with van der Waals surface area (Å²) in [4.78, 5) is 28.4. The second kappa shape index (κ2) is 9.13. The maximum atomic E-state index is 13.2. The molecule has 33 heavy (non-hydrogen) atoms. The van der Waals surface area contributed by atoms with Gasteiger partial charge in [0, 0.05) is 12.5 Å². The van der Waals surface area contributed by atoms with Gasteiger partial charge in [-0.2, -0.15) is 10.1 Å². The number of benzene rings is 1. The molecule has 2 aromatic heterocycles. The quantitative estimate of drug-likeness (QED) is 0.338. The third-order valence-electron chi connectivity index (χ3n) is 6.34. The van der Waals surface area contributed by atoms with Gasteiger partial charge in [-0.3, -0.25) is 19.6 Å². The summed E-state index contributed by atoms with van der Waals surface area (Å²) in [6, 6.07) is 7.21. The number of nitrogens with one attached hydrogen (secondary N) is 1. The van der Waals surface area contributed by atoms with Gasteiger partial charge < -0.3 is 9.84 Å². The van der Waals surface area contributed by atoms with Crippen LogP contribution in [0.5, 0.6) is 0 Å². The molecule has 0 spiro atoms. The summed E-state index contributed by atoms with van der Waals surface area (Å²) < 4.78 is 6.83. The summed E-state index contributed by atoms with van der Waals surface area (Å²) in [5.41, 5.74) is 1.72. The second-order valence-electron chi connectivity index (χ2n) is 8.72. The summed E-state index contributed by atoms with van der Waals surface area (Å²) in [6.45, 7) is 5.45. The van der Waals surface area contributed by atoms with Gasteiger partial charge in [0.2, 0.25) is 5.89 Å². The fraction of sp³-hybridized carbons (Fsp3) is 0.478. The van der Waals surface area contributed by atoms with Crippen molar-refractivity contribution in [3.8, 4) is 0 Å². The zero-order valence-electron chi connectivity index (χ0n) is 19.1. The lowest BCUT2D eigenvalue weighted by Gasteiger charge is -2.30. The van der Waals surface area contributed by atoms with E-state index >= 15 is 0 Å². The molecule has 0 saturated heterocycles. The maximum Gasteiger partial charge on any atom is 0.312 e. The van der Waals surface area contributed by atoms with Crippen LogP contribution in [0.1, 0.15) is 77.5 Å². The van der Waals surface area contributed by atoms with Crippen LogP contribution in [0.2, 0.25) is 0 Å². The molecule has 0 unspecified atom stereocenters. The predicted octanol–water partition coefficient (Wildman–Crippen LogP) is 4.13. The van der Waals surface area contributed by atoms with E-state index in [0.717, 1.165) is 44.1 Å². The van der Waals surface area contributed by atoms with Gasteiger partial charge in [0.1, 0.15) is 16.9 Å². The van der Waals surface area contributed by atoms with Crippen LogP contribution in [0.15, 0.2) is 28.8 Å². The largest absolute Gasteiger partial charge is 0.340 e. The smallest absolute Gasteiger partial charge is 0.312 e. The molecule has 174 valence electrons. The van der Waals surface area contributed by atoms with Crippen molar-refractivity contribution in [2.45, 2.75) is 71.4 Å². The highest BCUT2D eigenvalue weighted by molar-refractivity contribution is 5.94. The minimum Gasteiger partial charge on any atom is -0.340 e. The number of rotatable bonds is 6. The molecule has 2 heterocycles. The average molecular weight is 453 g/mol. The minimum atomic E-state index is -0.632. The van der Waals surface area contributed by atoms with E-state index in [-0.39, 0.29) is 11.6 Å². The number of carbonyl (C=O) groups is 1. The molecule has 1 aromatic carbocycles. The van der Waals surface area contributed by atoms with E-state index in [1.54, 1.807) is 37.6 Å². The van der Waals surface area contributed by atoms with Crippen LogP contribution in [-0.4, -0.2) is 30.8 Å². The third kappa shape index (κ3) is 4.64. The highest BCUT2D eigenvalue weighted by atomic mass is 16.6.